The second-order valence-corrected chi connectivity index (χ2v) is 8.40. The largest absolute Gasteiger partial charge is 0.454 e. The summed E-state index contributed by atoms with van der Waals surface area (Å²) in [6, 6.07) is 12.9. The first-order valence-corrected chi connectivity index (χ1v) is 10.9. The number of hydrogen-bond acceptors (Lipinski definition) is 6. The molecule has 1 saturated heterocycles. The van der Waals surface area contributed by atoms with Gasteiger partial charge in [-0.2, -0.15) is 5.10 Å². The molecule has 30 heavy (non-hydrogen) atoms. The third-order valence-corrected chi connectivity index (χ3v) is 6.45. The Morgan fingerprint density at radius 1 is 1.10 bits per heavy atom. The fraction of sp³-hybridized carbons (Fsp3) is 0.318. The molecule has 0 aliphatic carbocycles. The molecule has 0 unspecified atom stereocenters. The van der Waals surface area contributed by atoms with Crippen molar-refractivity contribution < 1.29 is 14.3 Å². The Hall–Kier alpha value is -3.13. The molecule has 4 heterocycles. The van der Waals surface area contributed by atoms with E-state index in [9.17, 15) is 9.59 Å². The quantitative estimate of drug-likeness (QED) is 0.645. The minimum Gasteiger partial charge on any atom is -0.454 e. The Morgan fingerprint density at radius 2 is 1.93 bits per heavy atom. The van der Waals surface area contributed by atoms with Crippen molar-refractivity contribution in [2.75, 3.05) is 19.9 Å². The van der Waals surface area contributed by atoms with Crippen molar-refractivity contribution in [1.82, 2.24) is 14.7 Å². The van der Waals surface area contributed by atoms with Crippen molar-refractivity contribution >= 4 is 17.2 Å². The Labute approximate surface area is 177 Å². The van der Waals surface area contributed by atoms with Gasteiger partial charge < -0.3 is 14.4 Å². The Bertz CT molecular complexity index is 1120. The molecule has 1 aromatic carbocycles. The highest BCUT2D eigenvalue weighted by molar-refractivity contribution is 7.13. The predicted octanol–water partition coefficient (Wildman–Crippen LogP) is 3.11. The number of ether oxygens (including phenoxy) is 2. The van der Waals surface area contributed by atoms with Gasteiger partial charge in [0.05, 0.1) is 17.3 Å². The number of likely N-dealkylation sites (tertiary alicyclic amines) is 1. The second-order valence-electron chi connectivity index (χ2n) is 7.46. The summed E-state index contributed by atoms with van der Waals surface area (Å²) < 4.78 is 12.3. The van der Waals surface area contributed by atoms with Crippen LogP contribution in [0.1, 0.15) is 24.4 Å². The van der Waals surface area contributed by atoms with Gasteiger partial charge in [0.1, 0.15) is 5.69 Å². The molecular formula is C22H21N3O4S. The topological polar surface area (TPSA) is 73.7 Å². The van der Waals surface area contributed by atoms with Crippen LogP contribution in [0.15, 0.2) is 52.6 Å². The first kappa shape index (κ1) is 18.9. The summed E-state index contributed by atoms with van der Waals surface area (Å²) in [7, 11) is 0. The van der Waals surface area contributed by atoms with Gasteiger partial charge >= 0.3 is 0 Å². The zero-order chi connectivity index (χ0) is 20.5. The van der Waals surface area contributed by atoms with Gasteiger partial charge in [-0.3, -0.25) is 9.59 Å². The molecule has 5 rings (SSSR count). The number of thiophene rings is 1. The van der Waals surface area contributed by atoms with Gasteiger partial charge in [0.25, 0.3) is 5.56 Å². The highest BCUT2D eigenvalue weighted by Gasteiger charge is 2.26. The van der Waals surface area contributed by atoms with Crippen molar-refractivity contribution in [2.24, 2.45) is 0 Å². The highest BCUT2D eigenvalue weighted by atomic mass is 32.1. The summed E-state index contributed by atoms with van der Waals surface area (Å²) in [5.74, 6) is 1.49. The molecule has 0 saturated carbocycles. The molecule has 154 valence electrons. The lowest BCUT2D eigenvalue weighted by atomic mass is 10.0. The van der Waals surface area contributed by atoms with Crippen LogP contribution < -0.4 is 15.0 Å². The lowest BCUT2D eigenvalue weighted by molar-refractivity contribution is -0.131. The van der Waals surface area contributed by atoms with Crippen LogP contribution in [0.2, 0.25) is 0 Å². The molecule has 8 heteroatoms. The van der Waals surface area contributed by atoms with E-state index in [4.69, 9.17) is 9.47 Å². The summed E-state index contributed by atoms with van der Waals surface area (Å²) in [4.78, 5) is 28.1. The molecule has 3 aromatic rings. The summed E-state index contributed by atoms with van der Waals surface area (Å²) >= 11 is 1.60. The summed E-state index contributed by atoms with van der Waals surface area (Å²) in [6.45, 7) is 1.46. The molecule has 2 aliphatic rings. The molecule has 7 nitrogen and oxygen atoms in total. The van der Waals surface area contributed by atoms with Crippen LogP contribution in [0.5, 0.6) is 11.5 Å². The lowest BCUT2D eigenvalue weighted by Gasteiger charge is -2.32. The van der Waals surface area contributed by atoms with Gasteiger partial charge in [-0.1, -0.05) is 12.1 Å². The molecule has 1 amide bonds. The smallest absolute Gasteiger partial charge is 0.267 e. The molecule has 0 spiro atoms. The molecule has 2 aliphatic heterocycles. The van der Waals surface area contributed by atoms with E-state index < -0.39 is 0 Å². The maximum Gasteiger partial charge on any atom is 0.267 e. The average Bonchev–Trinajstić information content (AvgIpc) is 3.46. The van der Waals surface area contributed by atoms with Gasteiger partial charge in [-0.15, -0.1) is 11.3 Å². The van der Waals surface area contributed by atoms with E-state index in [2.05, 4.69) is 5.10 Å². The molecule has 0 radical (unpaired) electrons. The molecule has 0 bridgehead atoms. The van der Waals surface area contributed by atoms with E-state index >= 15 is 0 Å². The fourth-order valence-electron chi connectivity index (χ4n) is 3.94. The van der Waals surface area contributed by atoms with Crippen molar-refractivity contribution in [3.05, 3.63) is 63.8 Å². The van der Waals surface area contributed by atoms with Gasteiger partial charge in [0, 0.05) is 19.2 Å². The van der Waals surface area contributed by atoms with Crippen LogP contribution in [-0.2, 0) is 11.2 Å². The summed E-state index contributed by atoms with van der Waals surface area (Å²) in [5.41, 5.74) is 1.62. The first-order chi connectivity index (χ1) is 14.7. The SMILES string of the molecule is O=C(Cc1ccc2c(c1)OCO2)N1CCC(n2nc(-c3cccs3)ccc2=O)CC1. The maximum atomic E-state index is 12.8. The van der Waals surface area contributed by atoms with E-state index in [1.807, 2.05) is 40.6 Å². The third-order valence-electron chi connectivity index (χ3n) is 5.55. The number of carbonyl (C=O) groups excluding carboxylic acids is 1. The number of carbonyl (C=O) groups is 1. The molecule has 0 atom stereocenters. The van der Waals surface area contributed by atoms with Gasteiger partial charge in [0.15, 0.2) is 11.5 Å². The van der Waals surface area contributed by atoms with Gasteiger partial charge in [-0.25, -0.2) is 4.68 Å². The van der Waals surface area contributed by atoms with Crippen molar-refractivity contribution in [3.63, 3.8) is 0 Å². The first-order valence-electron chi connectivity index (χ1n) is 9.97. The third kappa shape index (κ3) is 3.70. The number of fused-ring (bicyclic) bond motifs is 1. The van der Waals surface area contributed by atoms with E-state index in [1.54, 1.807) is 28.2 Å². The molecular weight excluding hydrogens is 402 g/mol. The number of hydrogen-bond donors (Lipinski definition) is 0. The van der Waals surface area contributed by atoms with E-state index in [1.165, 1.54) is 0 Å². The van der Waals surface area contributed by atoms with E-state index in [-0.39, 0.29) is 24.3 Å². The number of aromatic nitrogens is 2. The Morgan fingerprint density at radius 3 is 2.73 bits per heavy atom. The van der Waals surface area contributed by atoms with Crippen molar-refractivity contribution in [1.29, 1.82) is 0 Å². The van der Waals surface area contributed by atoms with Crippen LogP contribution in [0.3, 0.4) is 0 Å². The Balaban J connectivity index is 1.24. The summed E-state index contributed by atoms with van der Waals surface area (Å²) in [5, 5.41) is 6.59. The van der Waals surface area contributed by atoms with Crippen LogP contribution >= 0.6 is 11.3 Å². The van der Waals surface area contributed by atoms with Crippen LogP contribution in [0.25, 0.3) is 10.6 Å². The van der Waals surface area contributed by atoms with Crippen LogP contribution in [0, 0.1) is 0 Å². The fourth-order valence-corrected chi connectivity index (χ4v) is 4.63. The number of benzene rings is 1. The number of rotatable bonds is 4. The normalized spacial score (nSPS) is 16.1. The average molecular weight is 423 g/mol. The van der Waals surface area contributed by atoms with Crippen molar-refractivity contribution in [2.45, 2.75) is 25.3 Å². The van der Waals surface area contributed by atoms with Crippen LogP contribution in [-0.4, -0.2) is 40.5 Å². The summed E-state index contributed by atoms with van der Waals surface area (Å²) in [6.07, 6.45) is 1.76. The second kappa shape index (κ2) is 7.95. The molecule has 0 N–H and O–H groups in total. The van der Waals surface area contributed by atoms with Crippen LogP contribution in [0.4, 0.5) is 0 Å². The maximum absolute atomic E-state index is 12.8. The minimum atomic E-state index is -0.0968. The number of piperidine rings is 1. The van der Waals surface area contributed by atoms with E-state index in [0.717, 1.165) is 21.9 Å². The molecule has 1 fully saturated rings. The minimum absolute atomic E-state index is 0.00649. The monoisotopic (exact) mass is 423 g/mol. The number of amides is 1. The number of nitrogens with zero attached hydrogens (tertiary/aromatic N) is 3. The van der Waals surface area contributed by atoms with Gasteiger partial charge in [-0.05, 0) is 48.1 Å². The van der Waals surface area contributed by atoms with Crippen molar-refractivity contribution in [3.8, 4) is 22.1 Å². The Kier molecular flexibility index (Phi) is 5.00. The zero-order valence-electron chi connectivity index (χ0n) is 16.3. The highest BCUT2D eigenvalue weighted by Crippen LogP contribution is 2.33. The zero-order valence-corrected chi connectivity index (χ0v) is 17.1. The standard InChI is InChI=1S/C22H21N3O4S/c26-21-6-4-17(20-2-1-11-30-20)23-25(21)16-7-9-24(10-8-16)22(27)13-15-3-5-18-19(12-15)29-14-28-18/h1-6,11-12,16H,7-10,13-14H2. The molecule has 2 aromatic heterocycles. The van der Waals surface area contributed by atoms with E-state index in [0.29, 0.717) is 38.1 Å². The lowest BCUT2D eigenvalue weighted by Crippen LogP contribution is -2.42. The predicted molar refractivity (Wildman–Crippen MR) is 113 cm³/mol. The van der Waals surface area contributed by atoms with Gasteiger partial charge in [0.2, 0.25) is 12.7 Å².